The number of H-pyrrole nitrogens is 1. The Bertz CT molecular complexity index is 1040. The standard InChI is InChI=1S/C19H18ClFN4O2S/c1-3-18-23-24-19(28)25(18)22-10-12-7-8-16(17(9-12)26-2)27-11-13-14(20)5-4-6-15(13)21/h4-10H,3,11H2,1-2H3,(H,24,28)/b22-10+. The van der Waals surface area contributed by atoms with Crippen LogP contribution in [-0.4, -0.2) is 28.2 Å². The predicted octanol–water partition coefficient (Wildman–Crippen LogP) is 4.77. The number of hydrogen-bond donors (Lipinski definition) is 1. The topological polar surface area (TPSA) is 64.4 Å². The lowest BCUT2D eigenvalue weighted by Gasteiger charge is -2.12. The summed E-state index contributed by atoms with van der Waals surface area (Å²) in [6.07, 6.45) is 2.34. The summed E-state index contributed by atoms with van der Waals surface area (Å²) < 4.78 is 27.0. The van der Waals surface area contributed by atoms with Gasteiger partial charge >= 0.3 is 0 Å². The van der Waals surface area contributed by atoms with Gasteiger partial charge in [0.15, 0.2) is 17.3 Å². The van der Waals surface area contributed by atoms with E-state index in [0.717, 1.165) is 11.4 Å². The Labute approximate surface area is 171 Å². The van der Waals surface area contributed by atoms with Gasteiger partial charge in [0.2, 0.25) is 4.77 Å². The van der Waals surface area contributed by atoms with Crippen LogP contribution in [0.5, 0.6) is 11.5 Å². The Morgan fingerprint density at radius 3 is 2.86 bits per heavy atom. The SMILES string of the molecule is CCc1n[nH]c(=S)n1/N=C/c1ccc(OCc2c(F)cccc2Cl)c(OC)c1. The summed E-state index contributed by atoms with van der Waals surface area (Å²) in [4.78, 5) is 0. The first-order chi connectivity index (χ1) is 13.5. The highest BCUT2D eigenvalue weighted by Gasteiger charge is 2.11. The van der Waals surface area contributed by atoms with E-state index in [4.69, 9.17) is 33.3 Å². The maximum Gasteiger partial charge on any atom is 0.216 e. The summed E-state index contributed by atoms with van der Waals surface area (Å²) >= 11 is 11.2. The van der Waals surface area contributed by atoms with Crippen LogP contribution in [0.2, 0.25) is 5.02 Å². The van der Waals surface area contributed by atoms with E-state index in [1.807, 2.05) is 6.92 Å². The van der Waals surface area contributed by atoms with Crippen molar-refractivity contribution in [1.82, 2.24) is 14.9 Å². The molecule has 3 aromatic rings. The smallest absolute Gasteiger partial charge is 0.216 e. The molecule has 0 radical (unpaired) electrons. The first-order valence-electron chi connectivity index (χ1n) is 8.47. The minimum absolute atomic E-state index is 0.0145. The fourth-order valence-electron chi connectivity index (χ4n) is 2.50. The molecule has 6 nitrogen and oxygen atoms in total. The van der Waals surface area contributed by atoms with Crippen LogP contribution in [0.3, 0.4) is 0 Å². The van der Waals surface area contributed by atoms with Crippen molar-refractivity contribution >= 4 is 30.0 Å². The molecule has 0 saturated carbocycles. The second-order valence-corrected chi connectivity index (χ2v) is 6.55. The summed E-state index contributed by atoms with van der Waals surface area (Å²) in [5, 5.41) is 11.5. The molecule has 1 heterocycles. The van der Waals surface area contributed by atoms with Gasteiger partial charge in [0.05, 0.1) is 18.3 Å². The predicted molar refractivity (Wildman–Crippen MR) is 109 cm³/mol. The lowest BCUT2D eigenvalue weighted by atomic mass is 10.2. The van der Waals surface area contributed by atoms with Crippen molar-refractivity contribution in [2.75, 3.05) is 7.11 Å². The van der Waals surface area contributed by atoms with Crippen LogP contribution in [0.25, 0.3) is 0 Å². The molecule has 2 aromatic carbocycles. The number of nitrogens with zero attached hydrogens (tertiary/aromatic N) is 3. The van der Waals surface area contributed by atoms with Crippen molar-refractivity contribution in [2.24, 2.45) is 5.10 Å². The third kappa shape index (κ3) is 4.40. The normalized spacial score (nSPS) is 11.1. The molecule has 28 heavy (non-hydrogen) atoms. The van der Waals surface area contributed by atoms with Crippen molar-refractivity contribution in [3.63, 3.8) is 0 Å². The lowest BCUT2D eigenvalue weighted by molar-refractivity contribution is 0.280. The van der Waals surface area contributed by atoms with Gasteiger partial charge in [-0.05, 0) is 48.1 Å². The van der Waals surface area contributed by atoms with Gasteiger partial charge in [-0.2, -0.15) is 14.9 Å². The molecule has 0 aliphatic rings. The number of nitrogens with one attached hydrogen (secondary N) is 1. The minimum Gasteiger partial charge on any atom is -0.493 e. The highest BCUT2D eigenvalue weighted by atomic mass is 35.5. The third-order valence-corrected chi connectivity index (χ3v) is 4.60. The molecule has 146 valence electrons. The summed E-state index contributed by atoms with van der Waals surface area (Å²) in [5.74, 6) is 1.27. The first kappa shape index (κ1) is 20.0. The second-order valence-electron chi connectivity index (χ2n) is 5.75. The van der Waals surface area contributed by atoms with Crippen molar-refractivity contribution in [3.8, 4) is 11.5 Å². The van der Waals surface area contributed by atoms with Crippen LogP contribution in [-0.2, 0) is 13.0 Å². The molecule has 0 atom stereocenters. The van der Waals surface area contributed by atoms with Crippen LogP contribution in [0.15, 0.2) is 41.5 Å². The monoisotopic (exact) mass is 420 g/mol. The number of aryl methyl sites for hydroxylation is 1. The molecule has 0 unspecified atom stereocenters. The van der Waals surface area contributed by atoms with Gasteiger partial charge in [-0.25, -0.2) is 4.39 Å². The number of ether oxygens (including phenoxy) is 2. The van der Waals surface area contributed by atoms with Gasteiger partial charge in [-0.15, -0.1) is 0 Å². The van der Waals surface area contributed by atoms with E-state index < -0.39 is 5.82 Å². The van der Waals surface area contributed by atoms with E-state index >= 15 is 0 Å². The fourth-order valence-corrected chi connectivity index (χ4v) is 2.92. The largest absolute Gasteiger partial charge is 0.493 e. The number of rotatable bonds is 7. The van der Waals surface area contributed by atoms with Crippen molar-refractivity contribution in [3.05, 3.63) is 69.0 Å². The van der Waals surface area contributed by atoms with E-state index in [9.17, 15) is 4.39 Å². The zero-order valence-corrected chi connectivity index (χ0v) is 16.9. The third-order valence-electron chi connectivity index (χ3n) is 3.98. The van der Waals surface area contributed by atoms with Crippen LogP contribution >= 0.6 is 23.8 Å². The Hall–Kier alpha value is -2.71. The Morgan fingerprint density at radius 1 is 1.32 bits per heavy atom. The van der Waals surface area contributed by atoms with Gasteiger partial charge in [0.1, 0.15) is 12.4 Å². The number of aromatic nitrogens is 3. The average Bonchev–Trinajstić information content (AvgIpc) is 3.06. The van der Waals surface area contributed by atoms with Crippen molar-refractivity contribution in [1.29, 1.82) is 0 Å². The van der Waals surface area contributed by atoms with Crippen molar-refractivity contribution < 1.29 is 13.9 Å². The molecule has 0 bridgehead atoms. The molecule has 3 rings (SSSR count). The second kappa shape index (κ2) is 8.99. The number of aromatic amines is 1. The average molecular weight is 421 g/mol. The van der Waals surface area contributed by atoms with E-state index in [-0.39, 0.29) is 6.61 Å². The number of halogens is 2. The quantitative estimate of drug-likeness (QED) is 0.442. The van der Waals surface area contributed by atoms with Crippen LogP contribution in [0.4, 0.5) is 4.39 Å². The van der Waals surface area contributed by atoms with Gasteiger partial charge in [0.25, 0.3) is 0 Å². The van der Waals surface area contributed by atoms with Gasteiger partial charge < -0.3 is 9.47 Å². The van der Waals surface area contributed by atoms with E-state index in [2.05, 4.69) is 15.3 Å². The van der Waals surface area contributed by atoms with Gasteiger partial charge in [0, 0.05) is 12.0 Å². The Balaban J connectivity index is 1.79. The van der Waals surface area contributed by atoms with Gasteiger partial charge in [-0.1, -0.05) is 24.6 Å². The highest BCUT2D eigenvalue weighted by Crippen LogP contribution is 2.29. The number of methoxy groups -OCH3 is 1. The Kier molecular flexibility index (Phi) is 6.43. The van der Waals surface area contributed by atoms with Crippen LogP contribution < -0.4 is 9.47 Å². The molecule has 0 spiro atoms. The molecule has 0 aliphatic carbocycles. The maximum atomic E-state index is 13.9. The Morgan fingerprint density at radius 2 is 2.14 bits per heavy atom. The summed E-state index contributed by atoms with van der Waals surface area (Å²) in [6, 6.07) is 9.80. The zero-order valence-electron chi connectivity index (χ0n) is 15.3. The van der Waals surface area contributed by atoms with E-state index in [1.165, 1.54) is 13.2 Å². The minimum atomic E-state index is -0.418. The molecule has 9 heteroatoms. The first-order valence-corrected chi connectivity index (χ1v) is 9.26. The van der Waals surface area contributed by atoms with Crippen molar-refractivity contribution in [2.45, 2.75) is 20.0 Å². The molecule has 0 amide bonds. The molecular weight excluding hydrogens is 403 g/mol. The molecule has 0 aliphatic heterocycles. The van der Waals surface area contributed by atoms with Crippen LogP contribution in [0, 0.1) is 10.6 Å². The van der Waals surface area contributed by atoms with E-state index in [1.54, 1.807) is 41.2 Å². The molecule has 0 saturated heterocycles. The molecule has 1 aromatic heterocycles. The highest BCUT2D eigenvalue weighted by molar-refractivity contribution is 7.71. The molecule has 1 N–H and O–H groups in total. The zero-order chi connectivity index (χ0) is 20.1. The van der Waals surface area contributed by atoms with Gasteiger partial charge in [-0.3, -0.25) is 5.10 Å². The summed E-state index contributed by atoms with van der Waals surface area (Å²) in [7, 11) is 1.53. The van der Waals surface area contributed by atoms with Crippen LogP contribution in [0.1, 0.15) is 23.9 Å². The number of hydrogen-bond acceptors (Lipinski definition) is 5. The summed E-state index contributed by atoms with van der Waals surface area (Å²) in [5.41, 5.74) is 1.07. The lowest BCUT2D eigenvalue weighted by Crippen LogP contribution is -2.01. The maximum absolute atomic E-state index is 13.9. The fraction of sp³-hybridized carbons (Fsp3) is 0.211. The summed E-state index contributed by atoms with van der Waals surface area (Å²) in [6.45, 7) is 1.95. The molecule has 0 fully saturated rings. The van der Waals surface area contributed by atoms with E-state index in [0.29, 0.717) is 33.3 Å². The molecular formula is C19H18ClFN4O2S. The number of benzene rings is 2.